The summed E-state index contributed by atoms with van der Waals surface area (Å²) in [5.41, 5.74) is 2.38. The number of halogens is 1. The van der Waals surface area contributed by atoms with Gasteiger partial charge in [0.1, 0.15) is 25.1 Å². The van der Waals surface area contributed by atoms with Crippen LogP contribution < -0.4 is 26.1 Å². The van der Waals surface area contributed by atoms with Crippen molar-refractivity contribution in [2.24, 2.45) is 5.84 Å². The van der Waals surface area contributed by atoms with Gasteiger partial charge in [-0.15, -0.1) is 10.2 Å². The van der Waals surface area contributed by atoms with Crippen molar-refractivity contribution < 1.29 is 14.6 Å². The summed E-state index contributed by atoms with van der Waals surface area (Å²) in [6.45, 7) is 1.45. The maximum absolute atomic E-state index is 9.86. The maximum atomic E-state index is 9.86. The number of hydrogen-bond acceptors (Lipinski definition) is 8. The zero-order valence-electron chi connectivity index (χ0n) is 13.0. The number of nitrogens with one attached hydrogen (secondary N) is 2. The van der Waals surface area contributed by atoms with Crippen molar-refractivity contribution in [1.82, 2.24) is 15.5 Å². The van der Waals surface area contributed by atoms with Crippen LogP contribution in [0.1, 0.15) is 0 Å². The van der Waals surface area contributed by atoms with Gasteiger partial charge in [-0.3, -0.25) is 0 Å². The average Bonchev–Trinajstić information content (AvgIpc) is 2.61. The number of rotatable bonds is 10. The zero-order chi connectivity index (χ0) is 17.2. The van der Waals surface area contributed by atoms with E-state index in [0.29, 0.717) is 42.2 Å². The summed E-state index contributed by atoms with van der Waals surface area (Å²) < 4.78 is 10.9. The number of nitrogens with two attached hydrogens (primary N) is 1. The molecular formula is C15H20ClN5O3. The number of aliphatic hydroxyl groups excluding tert-OH is 1. The Morgan fingerprint density at radius 3 is 2.71 bits per heavy atom. The van der Waals surface area contributed by atoms with Crippen molar-refractivity contribution in [2.45, 2.75) is 6.10 Å². The van der Waals surface area contributed by atoms with E-state index in [9.17, 15) is 5.11 Å². The molecule has 0 radical (unpaired) electrons. The van der Waals surface area contributed by atoms with E-state index in [1.165, 1.54) is 0 Å². The molecule has 130 valence electrons. The highest BCUT2D eigenvalue weighted by Gasteiger charge is 2.07. The van der Waals surface area contributed by atoms with Crippen molar-refractivity contribution in [3.63, 3.8) is 0 Å². The fraction of sp³-hybridized carbons (Fsp3) is 0.333. The lowest BCUT2D eigenvalue weighted by Crippen LogP contribution is -2.33. The SMILES string of the molecule is NNc1ccc(OCCNCC(O)COc2ccccc2Cl)nn1. The van der Waals surface area contributed by atoms with Crippen molar-refractivity contribution in [1.29, 1.82) is 0 Å². The number of aliphatic hydroxyl groups is 1. The topological polar surface area (TPSA) is 115 Å². The lowest BCUT2D eigenvalue weighted by Gasteiger charge is -2.14. The van der Waals surface area contributed by atoms with Gasteiger partial charge >= 0.3 is 0 Å². The van der Waals surface area contributed by atoms with E-state index in [1.807, 2.05) is 12.1 Å². The first-order chi connectivity index (χ1) is 11.7. The number of hydrogen-bond donors (Lipinski definition) is 4. The fourth-order valence-electron chi connectivity index (χ4n) is 1.78. The Balaban J connectivity index is 1.57. The van der Waals surface area contributed by atoms with Gasteiger partial charge in [-0.1, -0.05) is 23.7 Å². The monoisotopic (exact) mass is 353 g/mol. The molecule has 2 rings (SSSR count). The minimum Gasteiger partial charge on any atom is -0.489 e. The van der Waals surface area contributed by atoms with Gasteiger partial charge in [-0.05, 0) is 18.2 Å². The van der Waals surface area contributed by atoms with E-state index in [-0.39, 0.29) is 6.61 Å². The van der Waals surface area contributed by atoms with Crippen LogP contribution in [-0.2, 0) is 0 Å². The van der Waals surface area contributed by atoms with Gasteiger partial charge in [0.05, 0.1) is 5.02 Å². The molecule has 0 saturated carbocycles. The minimum absolute atomic E-state index is 0.149. The van der Waals surface area contributed by atoms with E-state index in [1.54, 1.807) is 24.3 Å². The van der Waals surface area contributed by atoms with Gasteiger partial charge in [-0.25, -0.2) is 5.84 Å². The number of nitrogen functional groups attached to an aromatic ring is 1. The van der Waals surface area contributed by atoms with E-state index < -0.39 is 6.10 Å². The van der Waals surface area contributed by atoms with Gasteiger partial charge in [-0.2, -0.15) is 0 Å². The standard InChI is InChI=1S/C15H20ClN5O3/c16-12-3-1-2-4-13(12)24-10-11(22)9-18-7-8-23-15-6-5-14(19-17)20-21-15/h1-6,11,18,22H,7-10,17H2,(H,19,20). The van der Waals surface area contributed by atoms with Gasteiger partial charge in [0.25, 0.3) is 0 Å². The third kappa shape index (κ3) is 6.17. The molecule has 0 amide bonds. The second-order valence-corrected chi connectivity index (χ2v) is 5.26. The Bertz CT molecular complexity index is 614. The first-order valence-corrected chi connectivity index (χ1v) is 7.76. The van der Waals surface area contributed by atoms with Crippen LogP contribution >= 0.6 is 11.6 Å². The molecule has 0 fully saturated rings. The lowest BCUT2D eigenvalue weighted by molar-refractivity contribution is 0.105. The molecule has 0 bridgehead atoms. The van der Waals surface area contributed by atoms with Gasteiger partial charge < -0.3 is 25.3 Å². The highest BCUT2D eigenvalue weighted by Crippen LogP contribution is 2.22. The van der Waals surface area contributed by atoms with Crippen LogP contribution in [0, 0.1) is 0 Å². The van der Waals surface area contributed by atoms with Crippen LogP contribution in [0.2, 0.25) is 5.02 Å². The molecule has 0 saturated heterocycles. The average molecular weight is 354 g/mol. The molecular weight excluding hydrogens is 334 g/mol. The predicted octanol–water partition coefficient (Wildman–Crippen LogP) is 0.824. The minimum atomic E-state index is -0.657. The Hall–Kier alpha value is -2.13. The zero-order valence-corrected chi connectivity index (χ0v) is 13.7. The first kappa shape index (κ1) is 18.2. The first-order valence-electron chi connectivity index (χ1n) is 7.38. The predicted molar refractivity (Wildman–Crippen MR) is 91.2 cm³/mol. The smallest absolute Gasteiger partial charge is 0.233 e. The summed E-state index contributed by atoms with van der Waals surface area (Å²) in [5.74, 6) is 6.61. The van der Waals surface area contributed by atoms with Crippen molar-refractivity contribution >= 4 is 17.4 Å². The number of hydrazine groups is 1. The number of aromatic nitrogens is 2. The molecule has 5 N–H and O–H groups in total. The lowest BCUT2D eigenvalue weighted by atomic mass is 10.3. The Morgan fingerprint density at radius 2 is 2.00 bits per heavy atom. The van der Waals surface area contributed by atoms with Gasteiger partial charge in [0.15, 0.2) is 5.82 Å². The molecule has 1 aromatic carbocycles. The molecule has 9 heteroatoms. The Kier molecular flexibility index (Phi) is 7.50. The van der Waals surface area contributed by atoms with E-state index >= 15 is 0 Å². The summed E-state index contributed by atoms with van der Waals surface area (Å²) >= 11 is 5.97. The molecule has 2 aromatic rings. The van der Waals surface area contributed by atoms with Crippen LogP contribution in [0.5, 0.6) is 11.6 Å². The van der Waals surface area contributed by atoms with Gasteiger partial charge in [0.2, 0.25) is 5.88 Å². The molecule has 1 heterocycles. The summed E-state index contributed by atoms with van der Waals surface area (Å²) in [7, 11) is 0. The number of nitrogens with zero attached hydrogens (tertiary/aromatic N) is 2. The number of ether oxygens (including phenoxy) is 2. The summed E-state index contributed by atoms with van der Waals surface area (Å²) in [6.07, 6.45) is -0.657. The van der Waals surface area contributed by atoms with Crippen LogP contribution in [-0.4, -0.2) is 47.7 Å². The molecule has 0 aliphatic carbocycles. The number of benzene rings is 1. The quantitative estimate of drug-likeness (QED) is 0.282. The third-order valence-corrected chi connectivity index (χ3v) is 3.28. The van der Waals surface area contributed by atoms with Crippen LogP contribution in [0.25, 0.3) is 0 Å². The van der Waals surface area contributed by atoms with Crippen molar-refractivity contribution in [3.05, 3.63) is 41.4 Å². The van der Waals surface area contributed by atoms with Crippen molar-refractivity contribution in [3.8, 4) is 11.6 Å². The van der Waals surface area contributed by atoms with E-state index in [4.69, 9.17) is 26.9 Å². The molecule has 1 atom stereocenters. The van der Waals surface area contributed by atoms with Crippen LogP contribution in [0.3, 0.4) is 0 Å². The van der Waals surface area contributed by atoms with E-state index in [2.05, 4.69) is 20.9 Å². The van der Waals surface area contributed by atoms with E-state index in [0.717, 1.165) is 0 Å². The normalized spacial score (nSPS) is 11.8. The van der Waals surface area contributed by atoms with Crippen LogP contribution in [0.4, 0.5) is 5.82 Å². The highest BCUT2D eigenvalue weighted by molar-refractivity contribution is 6.32. The number of anilines is 1. The third-order valence-electron chi connectivity index (χ3n) is 2.96. The Labute approximate surface area is 144 Å². The summed E-state index contributed by atoms with van der Waals surface area (Å²) in [5, 5.41) is 21.1. The Morgan fingerprint density at radius 1 is 1.17 bits per heavy atom. The van der Waals surface area contributed by atoms with Crippen molar-refractivity contribution in [2.75, 3.05) is 31.7 Å². The molecule has 24 heavy (non-hydrogen) atoms. The molecule has 0 spiro atoms. The molecule has 1 aromatic heterocycles. The van der Waals surface area contributed by atoms with Gasteiger partial charge in [0, 0.05) is 19.2 Å². The van der Waals surface area contributed by atoms with Crippen LogP contribution in [0.15, 0.2) is 36.4 Å². The summed E-state index contributed by atoms with van der Waals surface area (Å²) in [6, 6.07) is 10.4. The largest absolute Gasteiger partial charge is 0.489 e. The fourth-order valence-corrected chi connectivity index (χ4v) is 1.97. The molecule has 0 aliphatic rings. The second-order valence-electron chi connectivity index (χ2n) is 4.85. The molecule has 1 unspecified atom stereocenters. The number of para-hydroxylation sites is 1. The summed E-state index contributed by atoms with van der Waals surface area (Å²) in [4.78, 5) is 0. The second kappa shape index (κ2) is 9.89. The molecule has 8 nitrogen and oxygen atoms in total. The highest BCUT2D eigenvalue weighted by atomic mass is 35.5. The maximum Gasteiger partial charge on any atom is 0.233 e. The molecule has 0 aliphatic heterocycles.